The second-order valence-electron chi connectivity index (χ2n) is 6.58. The summed E-state index contributed by atoms with van der Waals surface area (Å²) in [6, 6.07) is 4.62. The predicted molar refractivity (Wildman–Crippen MR) is 108 cm³/mol. The van der Waals surface area contributed by atoms with E-state index in [0.29, 0.717) is 34.6 Å². The average Bonchev–Trinajstić information content (AvgIpc) is 3.06. The SMILES string of the molecule is CNCC1CCCN(C(=O)c2ccc(Sc3nncn3C)c([N+](=O)[O-])c2)C1.Cl. The summed E-state index contributed by atoms with van der Waals surface area (Å²) in [6.45, 7) is 2.21. The molecule has 152 valence electrons. The van der Waals surface area contributed by atoms with Crippen molar-refractivity contribution in [2.24, 2.45) is 13.0 Å². The van der Waals surface area contributed by atoms with Crippen LogP contribution in [0.4, 0.5) is 5.69 Å². The van der Waals surface area contributed by atoms with Crippen LogP contribution >= 0.6 is 24.2 Å². The Morgan fingerprint density at radius 2 is 2.25 bits per heavy atom. The second-order valence-corrected chi connectivity index (χ2v) is 7.59. The van der Waals surface area contributed by atoms with E-state index in [1.54, 1.807) is 28.6 Å². The van der Waals surface area contributed by atoms with Crippen LogP contribution in [0, 0.1) is 16.0 Å². The van der Waals surface area contributed by atoms with Crippen LogP contribution in [0.3, 0.4) is 0 Å². The molecule has 1 saturated heterocycles. The Bertz CT molecular complexity index is 844. The zero-order valence-corrected chi connectivity index (χ0v) is 17.3. The van der Waals surface area contributed by atoms with Gasteiger partial charge in [0, 0.05) is 31.8 Å². The lowest BCUT2D eigenvalue weighted by Crippen LogP contribution is -2.42. The van der Waals surface area contributed by atoms with Gasteiger partial charge >= 0.3 is 0 Å². The summed E-state index contributed by atoms with van der Waals surface area (Å²) < 4.78 is 1.68. The third-order valence-corrected chi connectivity index (χ3v) is 5.69. The maximum Gasteiger partial charge on any atom is 0.284 e. The molecule has 1 aliphatic heterocycles. The van der Waals surface area contributed by atoms with Crippen molar-refractivity contribution in [2.45, 2.75) is 22.9 Å². The number of nitrogens with zero attached hydrogens (tertiary/aromatic N) is 5. The second kappa shape index (κ2) is 9.85. The lowest BCUT2D eigenvalue weighted by Gasteiger charge is -2.32. The van der Waals surface area contributed by atoms with E-state index in [1.807, 2.05) is 7.05 Å². The topological polar surface area (TPSA) is 106 Å². The van der Waals surface area contributed by atoms with Crippen molar-refractivity contribution in [3.05, 3.63) is 40.2 Å². The minimum absolute atomic E-state index is 0. The number of nitro groups is 1. The van der Waals surface area contributed by atoms with Crippen LogP contribution < -0.4 is 5.32 Å². The Kier molecular flexibility index (Phi) is 7.78. The molecule has 0 bridgehead atoms. The molecule has 0 aliphatic carbocycles. The number of nitro benzene ring substituents is 1. The van der Waals surface area contributed by atoms with Crippen molar-refractivity contribution in [1.29, 1.82) is 0 Å². The van der Waals surface area contributed by atoms with E-state index < -0.39 is 4.92 Å². The molecule has 1 fully saturated rings. The highest BCUT2D eigenvalue weighted by molar-refractivity contribution is 7.99. The Morgan fingerprint density at radius 1 is 1.46 bits per heavy atom. The van der Waals surface area contributed by atoms with E-state index in [-0.39, 0.29) is 24.0 Å². The van der Waals surface area contributed by atoms with Crippen LogP contribution in [0.1, 0.15) is 23.2 Å². The first-order valence-corrected chi connectivity index (χ1v) is 9.55. The maximum absolute atomic E-state index is 12.9. The molecule has 1 unspecified atom stereocenters. The number of halogens is 1. The van der Waals surface area contributed by atoms with Gasteiger partial charge in [0.25, 0.3) is 11.6 Å². The van der Waals surface area contributed by atoms with Crippen molar-refractivity contribution in [3.63, 3.8) is 0 Å². The molecule has 0 saturated carbocycles. The van der Waals surface area contributed by atoms with Crippen molar-refractivity contribution < 1.29 is 9.72 Å². The number of amides is 1. The largest absolute Gasteiger partial charge is 0.338 e. The molecule has 1 N–H and O–H groups in total. The van der Waals surface area contributed by atoms with Gasteiger partial charge in [-0.3, -0.25) is 14.9 Å². The Balaban J connectivity index is 0.00000280. The van der Waals surface area contributed by atoms with Crippen molar-refractivity contribution in [1.82, 2.24) is 25.0 Å². The number of aromatic nitrogens is 3. The van der Waals surface area contributed by atoms with E-state index in [1.165, 1.54) is 12.4 Å². The number of piperidine rings is 1. The molecule has 1 aliphatic rings. The number of aryl methyl sites for hydroxylation is 1. The number of carbonyl (C=O) groups excluding carboxylic acids is 1. The molecule has 1 atom stereocenters. The molecule has 1 amide bonds. The highest BCUT2D eigenvalue weighted by atomic mass is 35.5. The molecule has 3 rings (SSSR count). The van der Waals surface area contributed by atoms with Gasteiger partial charge in [0.15, 0.2) is 5.16 Å². The molecule has 28 heavy (non-hydrogen) atoms. The predicted octanol–water partition coefficient (Wildman–Crippen LogP) is 2.37. The van der Waals surface area contributed by atoms with Crippen molar-refractivity contribution >= 4 is 35.8 Å². The van der Waals surface area contributed by atoms with Gasteiger partial charge in [0.2, 0.25) is 0 Å². The molecule has 1 aromatic carbocycles. The molecule has 9 nitrogen and oxygen atoms in total. The van der Waals surface area contributed by atoms with Gasteiger partial charge in [-0.1, -0.05) is 0 Å². The normalized spacial score (nSPS) is 16.5. The smallest absolute Gasteiger partial charge is 0.284 e. The number of benzene rings is 1. The number of likely N-dealkylation sites (tertiary alicyclic amines) is 1. The maximum atomic E-state index is 12.9. The molecule has 2 aromatic rings. The first-order valence-electron chi connectivity index (χ1n) is 8.73. The highest BCUT2D eigenvalue weighted by Gasteiger charge is 2.26. The number of hydrogen-bond donors (Lipinski definition) is 1. The lowest BCUT2D eigenvalue weighted by molar-refractivity contribution is -0.387. The van der Waals surface area contributed by atoms with Gasteiger partial charge in [-0.15, -0.1) is 22.6 Å². The minimum atomic E-state index is -0.463. The van der Waals surface area contributed by atoms with Crippen LogP contribution in [0.25, 0.3) is 0 Å². The monoisotopic (exact) mass is 426 g/mol. The molecular formula is C17H23ClN6O3S. The lowest BCUT2D eigenvalue weighted by atomic mass is 9.97. The number of rotatable bonds is 6. The van der Waals surface area contributed by atoms with Gasteiger partial charge < -0.3 is 14.8 Å². The summed E-state index contributed by atoms with van der Waals surface area (Å²) in [5, 5.41) is 23.0. The fraction of sp³-hybridized carbons (Fsp3) is 0.471. The van der Waals surface area contributed by atoms with Gasteiger partial charge in [-0.2, -0.15) is 0 Å². The molecule has 1 aromatic heterocycles. The Morgan fingerprint density at radius 3 is 2.89 bits per heavy atom. The van der Waals surface area contributed by atoms with E-state index >= 15 is 0 Å². The quantitative estimate of drug-likeness (QED) is 0.558. The summed E-state index contributed by atoms with van der Waals surface area (Å²) in [5.74, 6) is 0.252. The summed E-state index contributed by atoms with van der Waals surface area (Å²) >= 11 is 1.15. The zero-order valence-electron chi connectivity index (χ0n) is 15.7. The van der Waals surface area contributed by atoms with Gasteiger partial charge in [0.05, 0.1) is 9.82 Å². The van der Waals surface area contributed by atoms with Crippen LogP contribution in [0.15, 0.2) is 34.6 Å². The Labute approximate surface area is 173 Å². The third kappa shape index (κ3) is 5.00. The molecule has 0 spiro atoms. The minimum Gasteiger partial charge on any atom is -0.338 e. The third-order valence-electron chi connectivity index (χ3n) is 4.57. The fourth-order valence-electron chi connectivity index (χ4n) is 3.23. The summed E-state index contributed by atoms with van der Waals surface area (Å²) in [6.07, 6.45) is 3.56. The standard InChI is InChI=1S/C17H22N6O3S.ClH/c1-18-9-12-4-3-7-22(10-12)16(24)13-5-6-15(14(8-13)23(25)26)27-17-20-19-11-21(17)2;/h5-6,8,11-12,18H,3-4,7,9-10H2,1-2H3;1H. The summed E-state index contributed by atoms with van der Waals surface area (Å²) in [7, 11) is 3.67. The molecule has 11 heteroatoms. The molecular weight excluding hydrogens is 404 g/mol. The van der Waals surface area contributed by atoms with Crippen molar-refractivity contribution in [2.75, 3.05) is 26.7 Å². The van der Waals surface area contributed by atoms with Gasteiger partial charge in [-0.05, 0) is 56.2 Å². The van der Waals surface area contributed by atoms with Gasteiger partial charge in [0.1, 0.15) is 6.33 Å². The Hall–Kier alpha value is -2.17. The van der Waals surface area contributed by atoms with Crippen molar-refractivity contribution in [3.8, 4) is 0 Å². The highest BCUT2D eigenvalue weighted by Crippen LogP contribution is 2.34. The summed E-state index contributed by atoms with van der Waals surface area (Å²) in [5.41, 5.74) is 0.242. The zero-order chi connectivity index (χ0) is 19.4. The van der Waals surface area contributed by atoms with E-state index in [0.717, 1.165) is 31.1 Å². The van der Waals surface area contributed by atoms with E-state index in [4.69, 9.17) is 0 Å². The average molecular weight is 427 g/mol. The van der Waals surface area contributed by atoms with Gasteiger partial charge in [-0.25, -0.2) is 0 Å². The summed E-state index contributed by atoms with van der Waals surface area (Å²) in [4.78, 5) is 26.2. The fourth-order valence-corrected chi connectivity index (χ4v) is 4.08. The number of nitrogens with one attached hydrogen (secondary N) is 1. The first-order chi connectivity index (χ1) is 13.0. The van der Waals surface area contributed by atoms with E-state index in [9.17, 15) is 14.9 Å². The van der Waals surface area contributed by atoms with E-state index in [2.05, 4.69) is 15.5 Å². The number of carbonyl (C=O) groups is 1. The molecule has 2 heterocycles. The van der Waals surface area contributed by atoms with Crippen LogP contribution in [0.2, 0.25) is 0 Å². The first kappa shape index (κ1) is 22.1. The van der Waals surface area contributed by atoms with Crippen LogP contribution in [-0.2, 0) is 7.05 Å². The number of hydrogen-bond acceptors (Lipinski definition) is 7. The molecule has 0 radical (unpaired) electrons. The van der Waals surface area contributed by atoms with Crippen LogP contribution in [-0.4, -0.2) is 57.2 Å². The van der Waals surface area contributed by atoms with Crippen LogP contribution in [0.5, 0.6) is 0 Å².